The lowest BCUT2D eigenvalue weighted by molar-refractivity contribution is 0.102. The van der Waals surface area contributed by atoms with Gasteiger partial charge in [-0.05, 0) is 48.9 Å². The molecule has 0 aliphatic carbocycles. The number of amides is 1. The van der Waals surface area contributed by atoms with E-state index in [9.17, 15) is 13.2 Å². The molecule has 2 N–H and O–H groups in total. The van der Waals surface area contributed by atoms with Gasteiger partial charge in [0.05, 0.1) is 21.2 Å². The van der Waals surface area contributed by atoms with Gasteiger partial charge in [0.25, 0.3) is 15.9 Å². The fourth-order valence-electron chi connectivity index (χ4n) is 2.42. The quantitative estimate of drug-likeness (QED) is 0.565. The Kier molecular flexibility index (Phi) is 5.88. The molecule has 3 aromatic rings. The van der Waals surface area contributed by atoms with Crippen LogP contribution in [0, 0.1) is 6.92 Å². The summed E-state index contributed by atoms with van der Waals surface area (Å²) in [4.78, 5) is 16.2. The van der Waals surface area contributed by atoms with E-state index < -0.39 is 15.9 Å². The summed E-state index contributed by atoms with van der Waals surface area (Å²) >= 11 is 11.8. The molecule has 0 saturated carbocycles. The predicted molar refractivity (Wildman–Crippen MR) is 111 cm³/mol. The lowest BCUT2D eigenvalue weighted by Crippen LogP contribution is -2.16. The SMILES string of the molecule is Cc1ccc(NC(=O)c2ccc(Cl)nc2)cc1S(=O)(=O)Nc1ccccc1Cl. The summed E-state index contributed by atoms with van der Waals surface area (Å²) in [5, 5.41) is 3.20. The van der Waals surface area contributed by atoms with Crippen LogP contribution in [0.1, 0.15) is 15.9 Å². The largest absolute Gasteiger partial charge is 0.322 e. The number of hydrogen-bond donors (Lipinski definition) is 2. The van der Waals surface area contributed by atoms with Gasteiger partial charge in [-0.1, -0.05) is 41.4 Å². The molecule has 0 saturated heterocycles. The van der Waals surface area contributed by atoms with Crippen LogP contribution in [0.2, 0.25) is 10.2 Å². The van der Waals surface area contributed by atoms with E-state index in [1.54, 1.807) is 43.3 Å². The van der Waals surface area contributed by atoms with Crippen LogP contribution in [0.4, 0.5) is 11.4 Å². The minimum atomic E-state index is -3.91. The summed E-state index contributed by atoms with van der Waals surface area (Å²) in [5.74, 6) is -0.435. The molecule has 1 amide bonds. The Morgan fingerprint density at radius 1 is 1.04 bits per heavy atom. The van der Waals surface area contributed by atoms with E-state index >= 15 is 0 Å². The van der Waals surface area contributed by atoms with Crippen LogP contribution in [-0.4, -0.2) is 19.3 Å². The van der Waals surface area contributed by atoms with Crippen LogP contribution in [0.15, 0.2) is 65.7 Å². The standard InChI is InChI=1S/C19H15Cl2N3O3S/c1-12-6-8-14(23-19(25)13-7-9-18(21)22-11-13)10-17(12)28(26,27)24-16-5-3-2-4-15(16)20/h2-11,24H,1H3,(H,23,25). The Balaban J connectivity index is 1.87. The van der Waals surface area contributed by atoms with Crippen molar-refractivity contribution in [1.82, 2.24) is 4.98 Å². The highest BCUT2D eigenvalue weighted by Gasteiger charge is 2.19. The molecule has 28 heavy (non-hydrogen) atoms. The van der Waals surface area contributed by atoms with Gasteiger partial charge in [-0.3, -0.25) is 9.52 Å². The maximum absolute atomic E-state index is 12.8. The Morgan fingerprint density at radius 3 is 2.46 bits per heavy atom. The summed E-state index contributed by atoms with van der Waals surface area (Å²) in [5.41, 5.74) is 1.41. The third-order valence-electron chi connectivity index (χ3n) is 3.84. The average molecular weight is 436 g/mol. The predicted octanol–water partition coefficient (Wildman–Crippen LogP) is 4.75. The van der Waals surface area contributed by atoms with Gasteiger partial charge in [0.15, 0.2) is 0 Å². The number of hydrogen-bond acceptors (Lipinski definition) is 4. The normalized spacial score (nSPS) is 11.1. The second-order valence-electron chi connectivity index (χ2n) is 5.89. The fourth-order valence-corrected chi connectivity index (χ4v) is 4.13. The zero-order chi connectivity index (χ0) is 20.3. The molecule has 144 valence electrons. The number of halogens is 2. The highest BCUT2D eigenvalue weighted by molar-refractivity contribution is 7.92. The lowest BCUT2D eigenvalue weighted by atomic mass is 10.2. The van der Waals surface area contributed by atoms with Gasteiger partial charge in [-0.2, -0.15) is 0 Å². The molecule has 6 nitrogen and oxygen atoms in total. The van der Waals surface area contributed by atoms with E-state index in [0.29, 0.717) is 16.8 Å². The molecule has 0 fully saturated rings. The molecule has 1 heterocycles. The van der Waals surface area contributed by atoms with E-state index in [1.165, 1.54) is 24.4 Å². The number of nitrogens with zero attached hydrogens (tertiary/aromatic N) is 1. The average Bonchev–Trinajstić information content (AvgIpc) is 2.65. The molecule has 0 bridgehead atoms. The number of aromatic nitrogens is 1. The molecule has 3 rings (SSSR count). The maximum Gasteiger partial charge on any atom is 0.262 e. The topological polar surface area (TPSA) is 88.2 Å². The molecule has 0 spiro atoms. The van der Waals surface area contributed by atoms with Gasteiger partial charge in [0, 0.05) is 11.9 Å². The van der Waals surface area contributed by atoms with Crippen molar-refractivity contribution < 1.29 is 13.2 Å². The van der Waals surface area contributed by atoms with Crippen LogP contribution < -0.4 is 10.0 Å². The first-order valence-corrected chi connectivity index (χ1v) is 10.3. The number of sulfonamides is 1. The lowest BCUT2D eigenvalue weighted by Gasteiger charge is -2.13. The van der Waals surface area contributed by atoms with Crippen LogP contribution in [0.3, 0.4) is 0 Å². The Morgan fingerprint density at radius 2 is 1.79 bits per heavy atom. The van der Waals surface area contributed by atoms with Crippen molar-refractivity contribution in [1.29, 1.82) is 0 Å². The minimum Gasteiger partial charge on any atom is -0.322 e. The number of benzene rings is 2. The molecule has 0 aliphatic heterocycles. The van der Waals surface area contributed by atoms with Crippen molar-refractivity contribution in [2.75, 3.05) is 10.0 Å². The van der Waals surface area contributed by atoms with E-state index in [1.807, 2.05) is 0 Å². The van der Waals surface area contributed by atoms with Crippen molar-refractivity contribution in [2.45, 2.75) is 11.8 Å². The fraction of sp³-hybridized carbons (Fsp3) is 0.0526. The van der Waals surface area contributed by atoms with Crippen LogP contribution >= 0.6 is 23.2 Å². The van der Waals surface area contributed by atoms with Crippen LogP contribution in [0.5, 0.6) is 0 Å². The van der Waals surface area contributed by atoms with Crippen LogP contribution in [0.25, 0.3) is 0 Å². The number of para-hydroxylation sites is 1. The Bertz CT molecular complexity index is 1130. The second-order valence-corrected chi connectivity index (χ2v) is 8.33. The minimum absolute atomic E-state index is 0.0273. The van der Waals surface area contributed by atoms with Gasteiger partial charge in [-0.25, -0.2) is 13.4 Å². The van der Waals surface area contributed by atoms with Crippen molar-refractivity contribution in [3.63, 3.8) is 0 Å². The zero-order valence-corrected chi connectivity index (χ0v) is 16.9. The molecule has 0 aliphatic rings. The van der Waals surface area contributed by atoms with Crippen molar-refractivity contribution in [2.24, 2.45) is 0 Å². The van der Waals surface area contributed by atoms with E-state index in [0.717, 1.165) is 0 Å². The smallest absolute Gasteiger partial charge is 0.262 e. The highest BCUT2D eigenvalue weighted by atomic mass is 35.5. The number of carbonyl (C=O) groups excluding carboxylic acids is 1. The third-order valence-corrected chi connectivity index (χ3v) is 5.90. The van der Waals surface area contributed by atoms with Crippen molar-refractivity contribution >= 4 is 50.5 Å². The molecular weight excluding hydrogens is 421 g/mol. The summed E-state index contributed by atoms with van der Waals surface area (Å²) in [6, 6.07) is 14.2. The summed E-state index contributed by atoms with van der Waals surface area (Å²) in [6.07, 6.45) is 1.34. The number of pyridine rings is 1. The first-order valence-electron chi connectivity index (χ1n) is 8.07. The van der Waals surface area contributed by atoms with Gasteiger partial charge in [0.1, 0.15) is 5.15 Å². The number of anilines is 2. The number of aryl methyl sites for hydroxylation is 1. The molecule has 0 radical (unpaired) electrons. The molecule has 9 heteroatoms. The number of nitrogens with one attached hydrogen (secondary N) is 2. The third kappa shape index (κ3) is 4.62. The van der Waals surface area contributed by atoms with E-state index in [4.69, 9.17) is 23.2 Å². The summed E-state index contributed by atoms with van der Waals surface area (Å²) in [7, 11) is -3.91. The van der Waals surface area contributed by atoms with Gasteiger partial charge < -0.3 is 5.32 Å². The molecular formula is C19H15Cl2N3O3S. The molecule has 0 unspecified atom stereocenters. The van der Waals surface area contributed by atoms with E-state index in [-0.39, 0.29) is 20.8 Å². The molecule has 0 atom stereocenters. The molecule has 2 aromatic carbocycles. The molecule has 1 aromatic heterocycles. The zero-order valence-electron chi connectivity index (χ0n) is 14.6. The number of rotatable bonds is 5. The maximum atomic E-state index is 12.8. The highest BCUT2D eigenvalue weighted by Crippen LogP contribution is 2.27. The first kappa shape index (κ1) is 20.1. The van der Waals surface area contributed by atoms with E-state index in [2.05, 4.69) is 15.0 Å². The van der Waals surface area contributed by atoms with Gasteiger partial charge in [0.2, 0.25) is 0 Å². The number of carbonyl (C=O) groups is 1. The Labute approximate surface area is 172 Å². The van der Waals surface area contributed by atoms with Crippen LogP contribution in [-0.2, 0) is 10.0 Å². The Hall–Kier alpha value is -2.61. The van der Waals surface area contributed by atoms with Crippen molar-refractivity contribution in [3.8, 4) is 0 Å². The summed E-state index contributed by atoms with van der Waals surface area (Å²) in [6.45, 7) is 1.66. The monoisotopic (exact) mass is 435 g/mol. The van der Waals surface area contributed by atoms with Gasteiger partial charge in [-0.15, -0.1) is 0 Å². The van der Waals surface area contributed by atoms with Crippen molar-refractivity contribution in [3.05, 3.63) is 82.1 Å². The first-order chi connectivity index (χ1) is 13.3. The second kappa shape index (κ2) is 8.18. The van der Waals surface area contributed by atoms with Gasteiger partial charge >= 0.3 is 0 Å². The summed E-state index contributed by atoms with van der Waals surface area (Å²) < 4.78 is 28.1.